The minimum Gasteiger partial charge on any atom is -0.455 e. The van der Waals surface area contributed by atoms with E-state index in [4.69, 9.17) is 4.42 Å². The normalized spacial score (nSPS) is 13.3. The quantitative estimate of drug-likeness (QED) is 0.166. The number of fused-ring (bicyclic) bond motifs is 11. The molecule has 1 aliphatic rings. The second-order valence-corrected chi connectivity index (χ2v) is 16.0. The summed E-state index contributed by atoms with van der Waals surface area (Å²) >= 11 is 0. The fourth-order valence-corrected chi connectivity index (χ4v) is 9.87. The summed E-state index contributed by atoms with van der Waals surface area (Å²) < 4.78 is 6.79. The van der Waals surface area contributed by atoms with Crippen molar-refractivity contribution in [2.45, 2.75) is 19.3 Å². The monoisotopic (exact) mass is 712 g/mol. The minimum atomic E-state index is -0.0597. The van der Waals surface area contributed by atoms with Crippen molar-refractivity contribution in [1.82, 2.24) is 0 Å². The predicted octanol–water partition coefficient (Wildman–Crippen LogP) is 15.5. The van der Waals surface area contributed by atoms with Crippen LogP contribution in [-0.4, -0.2) is 0 Å². The smallest absolute Gasteiger partial charge is 0.143 e. The molecule has 1 nitrogen and oxygen atoms in total. The first-order valence-electron chi connectivity index (χ1n) is 19.6. The third kappa shape index (κ3) is 4.43. The highest BCUT2D eigenvalue weighted by Gasteiger charge is 2.37. The fraction of sp³-hybridized carbons (Fsp3) is 0.0545. The molecule has 1 aromatic heterocycles. The van der Waals surface area contributed by atoms with Crippen molar-refractivity contribution in [3.63, 3.8) is 0 Å². The van der Waals surface area contributed by atoms with Crippen LogP contribution in [0, 0.1) is 0 Å². The van der Waals surface area contributed by atoms with Crippen molar-refractivity contribution in [1.29, 1.82) is 0 Å². The van der Waals surface area contributed by atoms with Crippen LogP contribution in [0.2, 0.25) is 0 Å². The zero-order chi connectivity index (χ0) is 37.1. The Kier molecular flexibility index (Phi) is 6.46. The summed E-state index contributed by atoms with van der Waals surface area (Å²) in [5.74, 6) is 0. The molecule has 11 aromatic rings. The molecule has 12 rings (SSSR count). The second-order valence-electron chi connectivity index (χ2n) is 16.0. The Morgan fingerprint density at radius 2 is 0.893 bits per heavy atom. The molecule has 0 atom stereocenters. The number of furan rings is 1. The van der Waals surface area contributed by atoms with E-state index >= 15 is 0 Å². The van der Waals surface area contributed by atoms with Crippen LogP contribution < -0.4 is 0 Å². The molecule has 0 unspecified atom stereocenters. The van der Waals surface area contributed by atoms with Crippen LogP contribution in [0.1, 0.15) is 25.0 Å². The van der Waals surface area contributed by atoms with Crippen molar-refractivity contribution in [2.75, 3.05) is 0 Å². The molecule has 0 N–H and O–H groups in total. The lowest BCUT2D eigenvalue weighted by molar-refractivity contribution is 0.653. The van der Waals surface area contributed by atoms with Crippen LogP contribution >= 0.6 is 0 Å². The molecule has 0 radical (unpaired) electrons. The first-order chi connectivity index (χ1) is 27.5. The minimum absolute atomic E-state index is 0.0597. The van der Waals surface area contributed by atoms with E-state index in [-0.39, 0.29) is 5.41 Å². The van der Waals surface area contributed by atoms with Gasteiger partial charge >= 0.3 is 0 Å². The standard InChI is InChI=1S/C55H36O/c1-55(2)48-18-10-9-17-46(48)53-49(55)28-27-45-47-31-38-25-24-37(30-40(38)32-50(47)56-54(45)53)34-19-22-35(23-20-34)51-41-13-5-7-15-43(41)52(44-16-8-6-14-42(44)51)39-26-21-33-11-3-4-12-36(33)29-39/h3-32H,1-2H3. The van der Waals surface area contributed by atoms with Crippen molar-refractivity contribution in [3.8, 4) is 44.5 Å². The molecule has 0 aliphatic heterocycles. The lowest BCUT2D eigenvalue weighted by Crippen LogP contribution is -2.14. The maximum absolute atomic E-state index is 6.79. The molecule has 0 amide bonds. The zero-order valence-electron chi connectivity index (χ0n) is 31.2. The van der Waals surface area contributed by atoms with Crippen LogP contribution in [0.3, 0.4) is 0 Å². The summed E-state index contributed by atoms with van der Waals surface area (Å²) in [7, 11) is 0. The van der Waals surface area contributed by atoms with Crippen LogP contribution in [-0.2, 0) is 5.41 Å². The van der Waals surface area contributed by atoms with Crippen LogP contribution in [0.5, 0.6) is 0 Å². The highest BCUT2D eigenvalue weighted by molar-refractivity contribution is 6.22. The number of benzene rings is 10. The average molecular weight is 713 g/mol. The lowest BCUT2D eigenvalue weighted by atomic mass is 9.82. The van der Waals surface area contributed by atoms with E-state index in [2.05, 4.69) is 196 Å². The Bertz CT molecular complexity index is 3370. The molecule has 10 aromatic carbocycles. The Hall–Kier alpha value is -6.96. The topological polar surface area (TPSA) is 13.1 Å². The SMILES string of the molecule is CC1(C)c2ccccc2-c2c1ccc1c2oc2cc3cc(-c4ccc(-c5c6ccccc6c(-c6ccc7ccccc7c6)c6ccccc56)cc4)ccc3cc21. The molecule has 0 saturated heterocycles. The first-order valence-corrected chi connectivity index (χ1v) is 19.6. The van der Waals surface area contributed by atoms with Crippen molar-refractivity contribution in [3.05, 3.63) is 193 Å². The summed E-state index contributed by atoms with van der Waals surface area (Å²) in [6.45, 7) is 4.64. The summed E-state index contributed by atoms with van der Waals surface area (Å²) in [5, 5.41) is 12.3. The van der Waals surface area contributed by atoms with E-state index in [0.717, 1.165) is 11.2 Å². The molecular weight excluding hydrogens is 677 g/mol. The molecule has 0 bridgehead atoms. The van der Waals surface area contributed by atoms with Gasteiger partial charge in [-0.3, -0.25) is 0 Å². The van der Waals surface area contributed by atoms with Gasteiger partial charge < -0.3 is 4.42 Å². The van der Waals surface area contributed by atoms with Gasteiger partial charge in [-0.1, -0.05) is 172 Å². The molecule has 262 valence electrons. The van der Waals surface area contributed by atoms with Crippen LogP contribution in [0.4, 0.5) is 0 Å². The second kappa shape index (κ2) is 11.5. The van der Waals surface area contributed by atoms with Gasteiger partial charge in [0.25, 0.3) is 0 Å². The van der Waals surface area contributed by atoms with Gasteiger partial charge in [0.05, 0.1) is 0 Å². The Labute approximate surface area is 325 Å². The molecule has 0 fully saturated rings. The Balaban J connectivity index is 0.965. The fourth-order valence-electron chi connectivity index (χ4n) is 9.87. The first kappa shape index (κ1) is 31.4. The van der Waals surface area contributed by atoms with E-state index < -0.39 is 0 Å². The van der Waals surface area contributed by atoms with Gasteiger partial charge in [0.2, 0.25) is 0 Å². The van der Waals surface area contributed by atoms with E-state index in [1.54, 1.807) is 0 Å². The van der Waals surface area contributed by atoms with E-state index in [9.17, 15) is 0 Å². The number of hydrogen-bond donors (Lipinski definition) is 0. The zero-order valence-corrected chi connectivity index (χ0v) is 31.2. The van der Waals surface area contributed by atoms with Crippen LogP contribution in [0.15, 0.2) is 186 Å². The third-order valence-electron chi connectivity index (χ3n) is 12.6. The predicted molar refractivity (Wildman–Crippen MR) is 238 cm³/mol. The number of rotatable bonds is 3. The van der Waals surface area contributed by atoms with Gasteiger partial charge in [-0.05, 0) is 117 Å². The largest absolute Gasteiger partial charge is 0.455 e. The van der Waals surface area contributed by atoms with Crippen molar-refractivity contribution >= 4 is 65.0 Å². The maximum atomic E-state index is 6.79. The average Bonchev–Trinajstić information content (AvgIpc) is 3.72. The summed E-state index contributed by atoms with van der Waals surface area (Å²) in [5.41, 5.74) is 14.5. The van der Waals surface area contributed by atoms with Gasteiger partial charge in [-0.25, -0.2) is 0 Å². The van der Waals surface area contributed by atoms with Crippen molar-refractivity contribution in [2.24, 2.45) is 0 Å². The highest BCUT2D eigenvalue weighted by atomic mass is 16.3. The van der Waals surface area contributed by atoms with Crippen LogP contribution in [0.25, 0.3) is 110 Å². The van der Waals surface area contributed by atoms with E-state index in [1.165, 1.54) is 109 Å². The van der Waals surface area contributed by atoms with Gasteiger partial charge in [-0.2, -0.15) is 0 Å². The van der Waals surface area contributed by atoms with Gasteiger partial charge in [-0.15, -0.1) is 0 Å². The molecule has 1 heterocycles. The maximum Gasteiger partial charge on any atom is 0.143 e. The highest BCUT2D eigenvalue weighted by Crippen LogP contribution is 2.53. The lowest BCUT2D eigenvalue weighted by Gasteiger charge is -2.21. The molecule has 0 spiro atoms. The Morgan fingerprint density at radius 1 is 0.339 bits per heavy atom. The van der Waals surface area contributed by atoms with Gasteiger partial charge in [0.1, 0.15) is 11.2 Å². The van der Waals surface area contributed by atoms with Crippen molar-refractivity contribution < 1.29 is 4.42 Å². The molecule has 1 heteroatoms. The van der Waals surface area contributed by atoms with Gasteiger partial charge in [0.15, 0.2) is 0 Å². The van der Waals surface area contributed by atoms with E-state index in [1.807, 2.05) is 0 Å². The summed E-state index contributed by atoms with van der Waals surface area (Å²) in [6.07, 6.45) is 0. The number of hydrogen-bond acceptors (Lipinski definition) is 1. The molecular formula is C55H36O. The summed E-state index contributed by atoms with van der Waals surface area (Å²) in [6, 6.07) is 67.2. The van der Waals surface area contributed by atoms with E-state index in [0.29, 0.717) is 0 Å². The summed E-state index contributed by atoms with van der Waals surface area (Å²) in [4.78, 5) is 0. The molecule has 1 aliphatic carbocycles. The Morgan fingerprint density at radius 3 is 1.64 bits per heavy atom. The van der Waals surface area contributed by atoms with Gasteiger partial charge in [0, 0.05) is 21.8 Å². The third-order valence-corrected chi connectivity index (χ3v) is 12.6. The molecule has 0 saturated carbocycles. The molecule has 56 heavy (non-hydrogen) atoms.